The molecule has 0 radical (unpaired) electrons. The van der Waals surface area contributed by atoms with Crippen molar-refractivity contribution in [2.75, 3.05) is 11.9 Å². The minimum atomic E-state index is -0.143. The lowest BCUT2D eigenvalue weighted by atomic mass is 10.2. The summed E-state index contributed by atoms with van der Waals surface area (Å²) < 4.78 is 4.79. The minimum absolute atomic E-state index is 0.143. The Morgan fingerprint density at radius 3 is 2.88 bits per heavy atom. The van der Waals surface area contributed by atoms with E-state index >= 15 is 0 Å². The zero-order valence-electron chi connectivity index (χ0n) is 9.32. The fourth-order valence-electron chi connectivity index (χ4n) is 1.88. The number of rotatable bonds is 4. The summed E-state index contributed by atoms with van der Waals surface area (Å²) in [4.78, 5) is 15.4. The quantitative estimate of drug-likeness (QED) is 0.792. The third-order valence-corrected chi connectivity index (χ3v) is 2.68. The third-order valence-electron chi connectivity index (χ3n) is 2.68. The molecule has 0 spiro atoms. The average Bonchev–Trinajstić information content (AvgIpc) is 2.87. The van der Waals surface area contributed by atoms with Crippen LogP contribution in [0.2, 0.25) is 0 Å². The summed E-state index contributed by atoms with van der Waals surface area (Å²) in [6, 6.07) is 0.644. The van der Waals surface area contributed by atoms with E-state index in [9.17, 15) is 4.79 Å². The first-order chi connectivity index (χ1) is 7.74. The summed E-state index contributed by atoms with van der Waals surface area (Å²) in [6.45, 7) is 2.00. The van der Waals surface area contributed by atoms with Crippen LogP contribution in [0.3, 0.4) is 0 Å². The second-order valence-electron chi connectivity index (χ2n) is 4.06. The molecule has 1 heterocycles. The zero-order valence-corrected chi connectivity index (χ0v) is 9.32. The number of aryl methyl sites for hydroxylation is 1. The highest BCUT2D eigenvalue weighted by Crippen LogP contribution is 2.17. The lowest BCUT2D eigenvalue weighted by Crippen LogP contribution is -2.34. The van der Waals surface area contributed by atoms with Crippen LogP contribution in [0.4, 0.5) is 6.01 Å². The monoisotopic (exact) mass is 224 g/mol. The molecular formula is C10H16N4O2. The topological polar surface area (TPSA) is 80.0 Å². The van der Waals surface area contributed by atoms with E-state index in [1.54, 1.807) is 6.92 Å². The van der Waals surface area contributed by atoms with Crippen LogP contribution in [-0.2, 0) is 4.79 Å². The SMILES string of the molecule is Cc1noc(NC(=O)CNC2CCCC2)n1. The molecule has 88 valence electrons. The summed E-state index contributed by atoms with van der Waals surface area (Å²) in [5.74, 6) is 0.370. The van der Waals surface area contributed by atoms with Crippen LogP contribution in [-0.4, -0.2) is 28.6 Å². The van der Waals surface area contributed by atoms with Crippen LogP contribution < -0.4 is 10.6 Å². The molecule has 1 aliphatic rings. The van der Waals surface area contributed by atoms with Crippen LogP contribution in [0.25, 0.3) is 0 Å². The summed E-state index contributed by atoms with van der Waals surface area (Å²) >= 11 is 0. The Morgan fingerprint density at radius 2 is 2.25 bits per heavy atom. The summed E-state index contributed by atoms with van der Waals surface area (Å²) in [5.41, 5.74) is 0. The highest BCUT2D eigenvalue weighted by Gasteiger charge is 2.15. The van der Waals surface area contributed by atoms with Gasteiger partial charge in [0.15, 0.2) is 5.82 Å². The zero-order chi connectivity index (χ0) is 11.4. The summed E-state index contributed by atoms with van der Waals surface area (Å²) in [5, 5.41) is 9.34. The number of amides is 1. The van der Waals surface area contributed by atoms with Gasteiger partial charge in [-0.15, -0.1) is 0 Å². The maximum absolute atomic E-state index is 11.5. The Hall–Kier alpha value is -1.43. The van der Waals surface area contributed by atoms with Crippen molar-refractivity contribution in [1.29, 1.82) is 0 Å². The van der Waals surface area contributed by atoms with Crippen molar-refractivity contribution in [3.63, 3.8) is 0 Å². The highest BCUT2D eigenvalue weighted by atomic mass is 16.5. The molecule has 1 aliphatic carbocycles. The standard InChI is InChI=1S/C10H16N4O2/c1-7-12-10(16-14-7)13-9(15)6-11-8-4-2-3-5-8/h8,11H,2-6H2,1H3,(H,12,13,14,15). The van der Waals surface area contributed by atoms with Crippen LogP contribution >= 0.6 is 0 Å². The number of hydrogen-bond donors (Lipinski definition) is 2. The number of carbonyl (C=O) groups excluding carboxylic acids is 1. The van der Waals surface area contributed by atoms with Crippen LogP contribution in [0.1, 0.15) is 31.5 Å². The number of nitrogens with one attached hydrogen (secondary N) is 2. The van der Waals surface area contributed by atoms with Gasteiger partial charge in [-0.1, -0.05) is 18.0 Å². The Balaban J connectivity index is 1.71. The fraction of sp³-hybridized carbons (Fsp3) is 0.700. The van der Waals surface area contributed by atoms with Crippen LogP contribution in [0.5, 0.6) is 0 Å². The second-order valence-corrected chi connectivity index (χ2v) is 4.06. The van der Waals surface area contributed by atoms with Crippen molar-refractivity contribution in [2.24, 2.45) is 0 Å². The first-order valence-electron chi connectivity index (χ1n) is 5.57. The van der Waals surface area contributed by atoms with Crippen molar-refractivity contribution >= 4 is 11.9 Å². The molecule has 16 heavy (non-hydrogen) atoms. The van der Waals surface area contributed by atoms with Gasteiger partial charge >= 0.3 is 6.01 Å². The van der Waals surface area contributed by atoms with Gasteiger partial charge in [-0.05, 0) is 19.8 Å². The number of nitrogens with zero attached hydrogens (tertiary/aromatic N) is 2. The summed E-state index contributed by atoms with van der Waals surface area (Å²) in [6.07, 6.45) is 4.82. The molecule has 2 N–H and O–H groups in total. The first-order valence-corrected chi connectivity index (χ1v) is 5.57. The molecule has 1 aromatic rings. The molecule has 2 rings (SSSR count). The lowest BCUT2D eigenvalue weighted by Gasteiger charge is -2.10. The molecule has 0 aromatic carbocycles. The van der Waals surface area contributed by atoms with E-state index in [1.807, 2.05) is 0 Å². The van der Waals surface area contributed by atoms with E-state index in [4.69, 9.17) is 4.52 Å². The van der Waals surface area contributed by atoms with E-state index in [-0.39, 0.29) is 11.9 Å². The van der Waals surface area contributed by atoms with Crippen LogP contribution in [0.15, 0.2) is 4.52 Å². The van der Waals surface area contributed by atoms with Crippen molar-refractivity contribution in [2.45, 2.75) is 38.6 Å². The molecule has 0 bridgehead atoms. The van der Waals surface area contributed by atoms with Crippen molar-refractivity contribution in [3.8, 4) is 0 Å². The van der Waals surface area contributed by atoms with Gasteiger partial charge in [0.25, 0.3) is 0 Å². The lowest BCUT2D eigenvalue weighted by molar-refractivity contribution is -0.115. The predicted molar refractivity (Wildman–Crippen MR) is 57.9 cm³/mol. The Labute approximate surface area is 93.8 Å². The molecule has 0 aliphatic heterocycles. The number of anilines is 1. The molecule has 1 amide bonds. The normalized spacial score (nSPS) is 16.6. The van der Waals surface area contributed by atoms with Crippen molar-refractivity contribution in [3.05, 3.63) is 5.82 Å². The summed E-state index contributed by atoms with van der Waals surface area (Å²) in [7, 11) is 0. The maximum atomic E-state index is 11.5. The van der Waals surface area contributed by atoms with E-state index in [2.05, 4.69) is 20.8 Å². The second kappa shape index (κ2) is 5.07. The van der Waals surface area contributed by atoms with Crippen LogP contribution in [0, 0.1) is 6.92 Å². The fourth-order valence-corrected chi connectivity index (χ4v) is 1.88. The molecule has 0 saturated heterocycles. The molecule has 6 nitrogen and oxygen atoms in total. The molecular weight excluding hydrogens is 208 g/mol. The number of carbonyl (C=O) groups is 1. The number of aromatic nitrogens is 2. The van der Waals surface area contributed by atoms with Gasteiger partial charge < -0.3 is 9.84 Å². The number of hydrogen-bond acceptors (Lipinski definition) is 5. The molecule has 1 fully saturated rings. The van der Waals surface area contributed by atoms with E-state index in [0.717, 1.165) is 12.8 Å². The van der Waals surface area contributed by atoms with Crippen molar-refractivity contribution < 1.29 is 9.32 Å². The highest BCUT2D eigenvalue weighted by molar-refractivity contribution is 5.90. The molecule has 6 heteroatoms. The van der Waals surface area contributed by atoms with E-state index in [0.29, 0.717) is 18.4 Å². The Kier molecular flexibility index (Phi) is 3.51. The minimum Gasteiger partial charge on any atom is -0.315 e. The van der Waals surface area contributed by atoms with Gasteiger partial charge in [-0.25, -0.2) is 0 Å². The van der Waals surface area contributed by atoms with E-state index < -0.39 is 0 Å². The smallest absolute Gasteiger partial charge is 0.315 e. The Morgan fingerprint density at radius 1 is 1.50 bits per heavy atom. The molecule has 0 atom stereocenters. The maximum Gasteiger partial charge on any atom is 0.328 e. The van der Waals surface area contributed by atoms with Gasteiger partial charge in [-0.2, -0.15) is 4.98 Å². The van der Waals surface area contributed by atoms with Gasteiger partial charge in [0, 0.05) is 6.04 Å². The van der Waals surface area contributed by atoms with Gasteiger partial charge in [-0.3, -0.25) is 10.1 Å². The molecule has 1 aromatic heterocycles. The molecule has 1 saturated carbocycles. The van der Waals surface area contributed by atoms with Gasteiger partial charge in [0.05, 0.1) is 6.54 Å². The van der Waals surface area contributed by atoms with Crippen molar-refractivity contribution in [1.82, 2.24) is 15.5 Å². The average molecular weight is 224 g/mol. The predicted octanol–water partition coefficient (Wildman–Crippen LogP) is 0.849. The largest absolute Gasteiger partial charge is 0.328 e. The first kappa shape index (κ1) is 11.1. The molecule has 0 unspecified atom stereocenters. The van der Waals surface area contributed by atoms with Gasteiger partial charge in [0.1, 0.15) is 0 Å². The Bertz CT molecular complexity index is 357. The van der Waals surface area contributed by atoms with E-state index in [1.165, 1.54) is 12.8 Å². The third kappa shape index (κ3) is 3.03. The van der Waals surface area contributed by atoms with Gasteiger partial charge in [0.2, 0.25) is 5.91 Å².